The monoisotopic (exact) mass is 428 g/mol. The smallest absolute Gasteiger partial charge is 0.155 e. The molecule has 1 N–H and O–H groups in total. The zero-order valence-corrected chi connectivity index (χ0v) is 21.0. The minimum atomic E-state index is -0.0759. The van der Waals surface area contributed by atoms with Crippen LogP contribution in [0.5, 0.6) is 0 Å². The lowest BCUT2D eigenvalue weighted by atomic mass is 9.46. The molecule has 176 valence electrons. The molecule has 31 heavy (non-hydrogen) atoms. The van der Waals surface area contributed by atoms with Crippen molar-refractivity contribution in [1.29, 1.82) is 0 Å². The van der Waals surface area contributed by atoms with Crippen LogP contribution in [0.4, 0.5) is 0 Å². The van der Waals surface area contributed by atoms with E-state index in [1.165, 1.54) is 56.9 Å². The number of hydrogen-bond donors (Lipinski definition) is 1. The maximum Gasteiger partial charge on any atom is 0.155 e. The Hall–Kier alpha value is -0.630. The first kappa shape index (κ1) is 23.5. The topological polar surface area (TPSA) is 37.3 Å². The van der Waals surface area contributed by atoms with Crippen LogP contribution < -0.4 is 0 Å². The second kappa shape index (κ2) is 8.96. The third-order valence-electron chi connectivity index (χ3n) is 11.2. The van der Waals surface area contributed by atoms with Crippen LogP contribution in [0.3, 0.4) is 0 Å². The maximum absolute atomic E-state index is 12.1. The molecular weight excluding hydrogens is 380 g/mol. The Balaban J connectivity index is 1.50. The first-order valence-corrected chi connectivity index (χ1v) is 13.6. The second-order valence-corrected chi connectivity index (χ2v) is 12.6. The number of aliphatic hydroxyl groups excluding tert-OH is 1. The SMILES string of the molecule is CCC(CC[C@@H](C)[C@H]1CC[C@H]2[C@@H]3CCC4=CC(=O)CC[C@]4(CO)[C@H]3CC[C@]12C)C(C)C. The van der Waals surface area contributed by atoms with Crippen molar-refractivity contribution in [3.05, 3.63) is 11.6 Å². The molecule has 0 radical (unpaired) electrons. The number of aliphatic hydroxyl groups is 1. The first-order valence-electron chi connectivity index (χ1n) is 13.6. The average molecular weight is 429 g/mol. The van der Waals surface area contributed by atoms with Gasteiger partial charge in [-0.25, -0.2) is 0 Å². The largest absolute Gasteiger partial charge is 0.395 e. The van der Waals surface area contributed by atoms with Gasteiger partial charge in [0.2, 0.25) is 0 Å². The van der Waals surface area contributed by atoms with Crippen LogP contribution in [-0.2, 0) is 4.79 Å². The average Bonchev–Trinajstić information content (AvgIpc) is 3.10. The summed E-state index contributed by atoms with van der Waals surface area (Å²) in [4.78, 5) is 12.1. The van der Waals surface area contributed by atoms with Crippen LogP contribution in [0.25, 0.3) is 0 Å². The lowest BCUT2D eigenvalue weighted by Crippen LogP contribution is -2.53. The van der Waals surface area contributed by atoms with E-state index >= 15 is 0 Å². The molecule has 0 aromatic carbocycles. The molecule has 2 nitrogen and oxygen atoms in total. The molecule has 3 fully saturated rings. The zero-order valence-electron chi connectivity index (χ0n) is 21.0. The normalized spacial score (nSPS) is 41.9. The summed E-state index contributed by atoms with van der Waals surface area (Å²) in [6.07, 6.45) is 15.3. The fourth-order valence-corrected chi connectivity index (χ4v) is 9.32. The second-order valence-electron chi connectivity index (χ2n) is 12.6. The van der Waals surface area contributed by atoms with Gasteiger partial charge < -0.3 is 5.11 Å². The Bertz CT molecular complexity index is 693. The van der Waals surface area contributed by atoms with Gasteiger partial charge in [0.1, 0.15) is 0 Å². The van der Waals surface area contributed by atoms with Crippen LogP contribution in [0, 0.1) is 52.3 Å². The Morgan fingerprint density at radius 1 is 1.03 bits per heavy atom. The quantitative estimate of drug-likeness (QED) is 0.465. The molecular formula is C29H48O2. The van der Waals surface area contributed by atoms with Gasteiger partial charge in [0.25, 0.3) is 0 Å². The van der Waals surface area contributed by atoms with E-state index in [-0.39, 0.29) is 12.0 Å². The summed E-state index contributed by atoms with van der Waals surface area (Å²) in [6, 6.07) is 0. The van der Waals surface area contributed by atoms with Gasteiger partial charge in [-0.1, -0.05) is 53.0 Å². The van der Waals surface area contributed by atoms with Crippen molar-refractivity contribution in [2.24, 2.45) is 52.3 Å². The molecule has 0 bridgehead atoms. The van der Waals surface area contributed by atoms with Crippen molar-refractivity contribution in [2.75, 3.05) is 6.61 Å². The van der Waals surface area contributed by atoms with Gasteiger partial charge in [-0.3, -0.25) is 4.79 Å². The van der Waals surface area contributed by atoms with Crippen LogP contribution in [0.15, 0.2) is 11.6 Å². The number of rotatable bonds is 7. The van der Waals surface area contributed by atoms with Crippen molar-refractivity contribution in [2.45, 2.75) is 105 Å². The summed E-state index contributed by atoms with van der Waals surface area (Å²) >= 11 is 0. The van der Waals surface area contributed by atoms with Crippen LogP contribution in [0.1, 0.15) is 105 Å². The summed E-state index contributed by atoms with van der Waals surface area (Å²) in [5.41, 5.74) is 1.72. The molecule has 8 atom stereocenters. The van der Waals surface area contributed by atoms with Crippen LogP contribution in [0.2, 0.25) is 0 Å². The van der Waals surface area contributed by atoms with Crippen molar-refractivity contribution >= 4 is 5.78 Å². The van der Waals surface area contributed by atoms with Gasteiger partial charge in [-0.2, -0.15) is 0 Å². The van der Waals surface area contributed by atoms with E-state index in [0.29, 0.717) is 23.5 Å². The summed E-state index contributed by atoms with van der Waals surface area (Å²) in [5, 5.41) is 10.6. The molecule has 4 aliphatic carbocycles. The fraction of sp³-hybridized carbons (Fsp3) is 0.897. The van der Waals surface area contributed by atoms with E-state index in [1.54, 1.807) is 0 Å². The Kier molecular flexibility index (Phi) is 6.80. The highest BCUT2D eigenvalue weighted by Gasteiger charge is 2.60. The number of fused-ring (bicyclic) bond motifs is 5. The summed E-state index contributed by atoms with van der Waals surface area (Å²) in [7, 11) is 0. The molecule has 0 aromatic rings. The molecule has 1 unspecified atom stereocenters. The Morgan fingerprint density at radius 2 is 1.81 bits per heavy atom. The molecule has 2 heteroatoms. The van der Waals surface area contributed by atoms with Crippen LogP contribution >= 0.6 is 0 Å². The minimum absolute atomic E-state index is 0.0759. The van der Waals surface area contributed by atoms with Gasteiger partial charge in [0, 0.05) is 11.8 Å². The van der Waals surface area contributed by atoms with Crippen molar-refractivity contribution < 1.29 is 9.90 Å². The van der Waals surface area contributed by atoms with E-state index in [0.717, 1.165) is 48.3 Å². The molecule has 4 aliphatic rings. The molecule has 3 saturated carbocycles. The number of ketones is 1. The Labute approximate surface area is 191 Å². The Morgan fingerprint density at radius 3 is 2.48 bits per heavy atom. The van der Waals surface area contributed by atoms with Crippen molar-refractivity contribution in [3.8, 4) is 0 Å². The molecule has 0 aromatic heterocycles. The number of carbonyl (C=O) groups is 1. The highest BCUT2D eigenvalue weighted by Crippen LogP contribution is 2.67. The molecule has 4 rings (SSSR count). The third kappa shape index (κ3) is 3.87. The van der Waals surface area contributed by atoms with Gasteiger partial charge in [0.05, 0.1) is 6.61 Å². The van der Waals surface area contributed by atoms with E-state index < -0.39 is 0 Å². The highest BCUT2D eigenvalue weighted by molar-refractivity contribution is 5.91. The molecule has 0 amide bonds. The van der Waals surface area contributed by atoms with Gasteiger partial charge in [-0.15, -0.1) is 0 Å². The van der Waals surface area contributed by atoms with Crippen LogP contribution in [-0.4, -0.2) is 17.5 Å². The first-order chi connectivity index (χ1) is 14.8. The number of hydrogen-bond acceptors (Lipinski definition) is 2. The zero-order chi connectivity index (χ0) is 22.4. The van der Waals surface area contributed by atoms with Crippen molar-refractivity contribution in [1.82, 2.24) is 0 Å². The summed E-state index contributed by atoms with van der Waals surface area (Å²) < 4.78 is 0. The van der Waals surface area contributed by atoms with E-state index in [9.17, 15) is 9.90 Å². The van der Waals surface area contributed by atoms with Gasteiger partial charge in [-0.05, 0) is 104 Å². The minimum Gasteiger partial charge on any atom is -0.395 e. The molecule has 0 aliphatic heterocycles. The lowest BCUT2D eigenvalue weighted by molar-refractivity contribution is -0.119. The molecule has 0 spiro atoms. The lowest BCUT2D eigenvalue weighted by Gasteiger charge is -2.59. The van der Waals surface area contributed by atoms with E-state index in [1.807, 2.05) is 6.08 Å². The van der Waals surface area contributed by atoms with E-state index in [2.05, 4.69) is 34.6 Å². The molecule has 0 saturated heterocycles. The van der Waals surface area contributed by atoms with Gasteiger partial charge >= 0.3 is 0 Å². The molecule has 0 heterocycles. The summed E-state index contributed by atoms with van der Waals surface area (Å²) in [5.74, 6) is 5.87. The predicted molar refractivity (Wildman–Crippen MR) is 129 cm³/mol. The summed E-state index contributed by atoms with van der Waals surface area (Å²) in [6.45, 7) is 12.6. The standard InChI is InChI=1S/C29H48O2/c1-6-21(19(2)3)8-7-20(4)25-11-12-26-24-10-9-22-17-23(31)13-16-29(22,18-30)27(24)14-15-28(25,26)5/h17,19-21,24-27,30H,6-16,18H2,1-5H3/t20-,21?,24+,25-,26+,27+,28-,29-/m1/s1. The fourth-order valence-electron chi connectivity index (χ4n) is 9.32. The predicted octanol–water partition coefficient (Wildman–Crippen LogP) is 7.21. The number of carbonyl (C=O) groups excluding carboxylic acids is 1. The highest BCUT2D eigenvalue weighted by atomic mass is 16.3. The van der Waals surface area contributed by atoms with Crippen molar-refractivity contribution in [3.63, 3.8) is 0 Å². The third-order valence-corrected chi connectivity index (χ3v) is 11.2. The maximum atomic E-state index is 12.1. The van der Waals surface area contributed by atoms with Gasteiger partial charge in [0.15, 0.2) is 5.78 Å². The van der Waals surface area contributed by atoms with E-state index in [4.69, 9.17) is 0 Å².